The van der Waals surface area contributed by atoms with Gasteiger partial charge in [0.1, 0.15) is 5.82 Å². The summed E-state index contributed by atoms with van der Waals surface area (Å²) in [6.07, 6.45) is 3.90. The normalized spacial score (nSPS) is 11.1. The van der Waals surface area contributed by atoms with Crippen LogP contribution in [0.3, 0.4) is 0 Å². The first-order valence-electron chi connectivity index (χ1n) is 10.8. The molecule has 6 heteroatoms. The lowest BCUT2D eigenvalue weighted by atomic mass is 10.1. The van der Waals surface area contributed by atoms with Crippen LogP contribution in [0.15, 0.2) is 77.3 Å². The molecule has 32 heavy (non-hydrogen) atoms. The number of carbonyl (C=O) groups is 1. The maximum absolute atomic E-state index is 12.2. The number of nitrogens with zero attached hydrogens (tertiary/aromatic N) is 2. The van der Waals surface area contributed by atoms with Crippen molar-refractivity contribution in [3.8, 4) is 0 Å². The predicted molar refractivity (Wildman–Crippen MR) is 134 cm³/mol. The van der Waals surface area contributed by atoms with Crippen LogP contribution >= 0.6 is 27.5 Å². The Balaban J connectivity index is 1.32. The lowest BCUT2D eigenvalue weighted by Crippen LogP contribution is -2.24. The second-order valence-electron chi connectivity index (χ2n) is 7.81. The third-order valence-corrected chi connectivity index (χ3v) is 6.18. The molecule has 1 heterocycles. The monoisotopic (exact) mass is 509 g/mol. The van der Waals surface area contributed by atoms with Crippen molar-refractivity contribution in [3.05, 3.63) is 99.2 Å². The van der Waals surface area contributed by atoms with Crippen molar-refractivity contribution in [2.45, 2.75) is 32.2 Å². The van der Waals surface area contributed by atoms with E-state index in [9.17, 15) is 4.79 Å². The van der Waals surface area contributed by atoms with E-state index in [4.69, 9.17) is 16.6 Å². The fourth-order valence-corrected chi connectivity index (χ4v) is 4.37. The number of nitrogens with one attached hydrogen (secondary N) is 1. The number of para-hydroxylation sites is 2. The van der Waals surface area contributed by atoms with Crippen LogP contribution < -0.4 is 5.32 Å². The Morgan fingerprint density at radius 1 is 0.969 bits per heavy atom. The maximum Gasteiger partial charge on any atom is 0.251 e. The van der Waals surface area contributed by atoms with E-state index in [0.29, 0.717) is 17.1 Å². The number of hydrogen-bond donors (Lipinski definition) is 1. The summed E-state index contributed by atoms with van der Waals surface area (Å²) in [6.45, 7) is 1.46. The zero-order valence-corrected chi connectivity index (χ0v) is 20.1. The standard InChI is InChI=1S/C26H25BrClN3O/c27-21-8-6-7-19(17-21)18-31-24-10-4-3-9-23(24)30-25(31)11-2-1-5-16-29-26(32)20-12-14-22(28)15-13-20/h3-4,6-10,12-15,17H,1-2,5,11,16,18H2,(H,29,32). The average Bonchev–Trinajstić information content (AvgIpc) is 3.14. The highest BCUT2D eigenvalue weighted by molar-refractivity contribution is 9.10. The fraction of sp³-hybridized carbons (Fsp3) is 0.231. The molecule has 0 fully saturated rings. The third-order valence-electron chi connectivity index (χ3n) is 5.43. The summed E-state index contributed by atoms with van der Waals surface area (Å²) in [6, 6.07) is 23.7. The minimum absolute atomic E-state index is 0.0579. The topological polar surface area (TPSA) is 46.9 Å². The molecule has 0 radical (unpaired) electrons. The van der Waals surface area contributed by atoms with Crippen LogP contribution in [0.1, 0.15) is 41.0 Å². The van der Waals surface area contributed by atoms with Crippen LogP contribution in [0.4, 0.5) is 0 Å². The highest BCUT2D eigenvalue weighted by Gasteiger charge is 2.11. The highest BCUT2D eigenvalue weighted by Crippen LogP contribution is 2.21. The molecule has 0 saturated carbocycles. The van der Waals surface area contributed by atoms with Gasteiger partial charge in [0.05, 0.1) is 11.0 Å². The van der Waals surface area contributed by atoms with Crippen molar-refractivity contribution in [2.75, 3.05) is 6.54 Å². The minimum Gasteiger partial charge on any atom is -0.352 e. The van der Waals surface area contributed by atoms with Crippen LogP contribution in [-0.2, 0) is 13.0 Å². The van der Waals surface area contributed by atoms with Crippen molar-refractivity contribution < 1.29 is 4.79 Å². The molecule has 0 spiro atoms. The first kappa shape index (κ1) is 22.6. The Labute approximate surface area is 201 Å². The summed E-state index contributed by atoms with van der Waals surface area (Å²) >= 11 is 9.44. The van der Waals surface area contributed by atoms with E-state index >= 15 is 0 Å². The number of unbranched alkanes of at least 4 members (excludes halogenated alkanes) is 2. The summed E-state index contributed by atoms with van der Waals surface area (Å²) in [5, 5.41) is 3.61. The van der Waals surface area contributed by atoms with Gasteiger partial charge in [-0.25, -0.2) is 4.98 Å². The summed E-state index contributed by atoms with van der Waals surface area (Å²) in [7, 11) is 0. The lowest BCUT2D eigenvalue weighted by molar-refractivity contribution is 0.0953. The van der Waals surface area contributed by atoms with E-state index in [1.165, 1.54) is 5.56 Å². The van der Waals surface area contributed by atoms with Gasteiger partial charge in [-0.05, 0) is 66.9 Å². The van der Waals surface area contributed by atoms with Crippen molar-refractivity contribution in [1.82, 2.24) is 14.9 Å². The zero-order chi connectivity index (χ0) is 22.3. The van der Waals surface area contributed by atoms with Gasteiger partial charge in [0.2, 0.25) is 0 Å². The minimum atomic E-state index is -0.0579. The zero-order valence-electron chi connectivity index (χ0n) is 17.7. The number of aryl methyl sites for hydroxylation is 1. The molecule has 0 aliphatic heterocycles. The molecular formula is C26H25BrClN3O. The van der Waals surface area contributed by atoms with Crippen molar-refractivity contribution in [1.29, 1.82) is 0 Å². The van der Waals surface area contributed by atoms with Gasteiger partial charge in [-0.2, -0.15) is 0 Å². The lowest BCUT2D eigenvalue weighted by Gasteiger charge is -2.10. The van der Waals surface area contributed by atoms with Crippen molar-refractivity contribution in [3.63, 3.8) is 0 Å². The summed E-state index contributed by atoms with van der Waals surface area (Å²) < 4.78 is 3.40. The van der Waals surface area contributed by atoms with Gasteiger partial charge in [0.15, 0.2) is 0 Å². The smallest absolute Gasteiger partial charge is 0.251 e. The van der Waals surface area contributed by atoms with E-state index in [1.807, 2.05) is 12.1 Å². The van der Waals surface area contributed by atoms with Gasteiger partial charge in [-0.3, -0.25) is 4.79 Å². The quantitative estimate of drug-likeness (QED) is 0.256. The van der Waals surface area contributed by atoms with Crippen LogP contribution in [0.25, 0.3) is 11.0 Å². The van der Waals surface area contributed by atoms with E-state index in [-0.39, 0.29) is 5.91 Å². The molecule has 0 unspecified atom stereocenters. The Morgan fingerprint density at radius 2 is 1.78 bits per heavy atom. The summed E-state index contributed by atoms with van der Waals surface area (Å²) in [4.78, 5) is 17.1. The molecule has 4 nitrogen and oxygen atoms in total. The first-order chi connectivity index (χ1) is 15.6. The molecular weight excluding hydrogens is 486 g/mol. The van der Waals surface area contributed by atoms with Crippen LogP contribution in [0.2, 0.25) is 5.02 Å². The molecule has 4 rings (SSSR count). The fourth-order valence-electron chi connectivity index (χ4n) is 3.80. The Morgan fingerprint density at radius 3 is 2.59 bits per heavy atom. The van der Waals surface area contributed by atoms with E-state index in [2.05, 4.69) is 62.2 Å². The SMILES string of the molecule is O=C(NCCCCCc1nc2ccccc2n1Cc1cccc(Br)c1)c1ccc(Cl)cc1. The number of hydrogen-bond acceptors (Lipinski definition) is 2. The van der Waals surface area contributed by atoms with E-state index < -0.39 is 0 Å². The first-order valence-corrected chi connectivity index (χ1v) is 12.0. The van der Waals surface area contributed by atoms with Crippen LogP contribution in [-0.4, -0.2) is 22.0 Å². The highest BCUT2D eigenvalue weighted by atomic mass is 79.9. The molecule has 1 amide bonds. The second kappa shape index (κ2) is 10.8. The van der Waals surface area contributed by atoms with Gasteiger partial charge >= 0.3 is 0 Å². The Bertz CT molecular complexity index is 1200. The van der Waals surface area contributed by atoms with Crippen molar-refractivity contribution >= 4 is 44.5 Å². The van der Waals surface area contributed by atoms with E-state index in [0.717, 1.165) is 53.6 Å². The molecule has 1 N–H and O–H groups in total. The summed E-state index contributed by atoms with van der Waals surface area (Å²) in [5.41, 5.74) is 4.08. The molecule has 0 atom stereocenters. The van der Waals surface area contributed by atoms with Gasteiger partial charge < -0.3 is 9.88 Å². The Hall–Kier alpha value is -2.63. The van der Waals surface area contributed by atoms with Gasteiger partial charge in [-0.1, -0.05) is 58.2 Å². The van der Waals surface area contributed by atoms with E-state index in [1.54, 1.807) is 24.3 Å². The van der Waals surface area contributed by atoms with Gasteiger partial charge in [-0.15, -0.1) is 0 Å². The maximum atomic E-state index is 12.2. The van der Waals surface area contributed by atoms with Crippen molar-refractivity contribution in [2.24, 2.45) is 0 Å². The second-order valence-corrected chi connectivity index (χ2v) is 9.16. The molecule has 0 bridgehead atoms. The molecule has 1 aromatic heterocycles. The number of fused-ring (bicyclic) bond motifs is 1. The number of carbonyl (C=O) groups excluding carboxylic acids is 1. The van der Waals surface area contributed by atoms with Gasteiger partial charge in [0.25, 0.3) is 5.91 Å². The average molecular weight is 511 g/mol. The molecule has 164 valence electrons. The third kappa shape index (κ3) is 5.78. The van der Waals surface area contributed by atoms with Crippen LogP contribution in [0, 0.1) is 0 Å². The summed E-state index contributed by atoms with van der Waals surface area (Å²) in [5.74, 6) is 1.05. The predicted octanol–water partition coefficient (Wildman–Crippen LogP) is 6.64. The number of aromatic nitrogens is 2. The largest absolute Gasteiger partial charge is 0.352 e. The number of halogens is 2. The molecule has 0 saturated heterocycles. The molecule has 3 aromatic carbocycles. The number of imidazole rings is 1. The molecule has 0 aliphatic rings. The van der Waals surface area contributed by atoms with Crippen LogP contribution in [0.5, 0.6) is 0 Å². The number of rotatable bonds is 9. The Kier molecular flexibility index (Phi) is 7.61. The number of amides is 1. The molecule has 4 aromatic rings. The number of benzene rings is 3. The molecule has 0 aliphatic carbocycles. The van der Waals surface area contributed by atoms with Gasteiger partial charge in [0, 0.05) is 34.6 Å².